The summed E-state index contributed by atoms with van der Waals surface area (Å²) < 4.78 is 0.912. The van der Waals surface area contributed by atoms with Gasteiger partial charge in [0.05, 0.1) is 5.02 Å². The van der Waals surface area contributed by atoms with Crippen LogP contribution in [0.2, 0.25) is 5.02 Å². The Morgan fingerprint density at radius 2 is 2.10 bits per heavy atom. The van der Waals surface area contributed by atoms with Crippen molar-refractivity contribution >= 4 is 27.5 Å². The van der Waals surface area contributed by atoms with E-state index < -0.39 is 0 Å². The molecule has 1 aromatic carbocycles. The second-order valence-electron chi connectivity index (χ2n) is 2.05. The van der Waals surface area contributed by atoms with E-state index in [9.17, 15) is 0 Å². The average molecular weight is 221 g/mol. The van der Waals surface area contributed by atoms with E-state index in [-0.39, 0.29) is 5.75 Å². The van der Waals surface area contributed by atoms with Gasteiger partial charge in [-0.1, -0.05) is 27.5 Å². The third kappa shape index (κ3) is 1.44. The molecule has 3 heteroatoms. The van der Waals surface area contributed by atoms with E-state index in [2.05, 4.69) is 15.9 Å². The minimum atomic E-state index is 0.127. The Bertz CT molecular complexity index is 210. The van der Waals surface area contributed by atoms with E-state index in [0.717, 1.165) is 10.0 Å². The molecule has 0 radical (unpaired) electrons. The van der Waals surface area contributed by atoms with Gasteiger partial charge in [0.15, 0.2) is 0 Å². The van der Waals surface area contributed by atoms with Gasteiger partial charge in [-0.3, -0.25) is 0 Å². The van der Waals surface area contributed by atoms with Crippen LogP contribution in [-0.4, -0.2) is 5.11 Å². The molecule has 0 aromatic heterocycles. The molecule has 0 amide bonds. The van der Waals surface area contributed by atoms with Crippen molar-refractivity contribution in [1.82, 2.24) is 0 Å². The van der Waals surface area contributed by atoms with Crippen LogP contribution in [0.1, 0.15) is 5.56 Å². The van der Waals surface area contributed by atoms with Crippen LogP contribution in [-0.2, 0) is 0 Å². The number of phenols is 1. The van der Waals surface area contributed by atoms with Gasteiger partial charge in [0.1, 0.15) is 5.75 Å². The van der Waals surface area contributed by atoms with Gasteiger partial charge in [-0.2, -0.15) is 0 Å². The number of hydrogen-bond acceptors (Lipinski definition) is 1. The van der Waals surface area contributed by atoms with Crippen molar-refractivity contribution in [2.24, 2.45) is 0 Å². The summed E-state index contributed by atoms with van der Waals surface area (Å²) in [5.74, 6) is 0.127. The van der Waals surface area contributed by atoms with Crippen LogP contribution in [0, 0.1) is 6.92 Å². The highest BCUT2D eigenvalue weighted by Gasteiger charge is 2.00. The molecule has 0 unspecified atom stereocenters. The largest absolute Gasteiger partial charge is 0.506 e. The molecule has 0 saturated carbocycles. The number of aromatic hydroxyl groups is 1. The van der Waals surface area contributed by atoms with Crippen molar-refractivity contribution < 1.29 is 5.11 Å². The van der Waals surface area contributed by atoms with Crippen molar-refractivity contribution in [3.63, 3.8) is 0 Å². The first-order valence-electron chi connectivity index (χ1n) is 2.76. The Labute approximate surface area is 72.8 Å². The van der Waals surface area contributed by atoms with Gasteiger partial charge in [0.25, 0.3) is 0 Å². The smallest absolute Gasteiger partial charge is 0.134 e. The van der Waals surface area contributed by atoms with E-state index in [1.807, 2.05) is 6.92 Å². The second kappa shape index (κ2) is 2.81. The van der Waals surface area contributed by atoms with Crippen LogP contribution in [0.5, 0.6) is 5.75 Å². The Kier molecular flexibility index (Phi) is 2.21. The molecule has 0 aliphatic rings. The van der Waals surface area contributed by atoms with Gasteiger partial charge in [-0.05, 0) is 24.6 Å². The highest BCUT2D eigenvalue weighted by atomic mass is 79.9. The summed E-state index contributed by atoms with van der Waals surface area (Å²) in [4.78, 5) is 0. The van der Waals surface area contributed by atoms with Crippen LogP contribution in [0.4, 0.5) is 0 Å². The van der Waals surface area contributed by atoms with Crippen molar-refractivity contribution in [2.45, 2.75) is 6.92 Å². The average Bonchev–Trinajstić information content (AvgIpc) is 1.84. The summed E-state index contributed by atoms with van der Waals surface area (Å²) in [6.07, 6.45) is 0. The molecular weight excluding hydrogens is 215 g/mol. The monoisotopic (exact) mass is 220 g/mol. The van der Waals surface area contributed by atoms with Crippen molar-refractivity contribution in [2.75, 3.05) is 0 Å². The molecule has 0 saturated heterocycles. The topological polar surface area (TPSA) is 20.2 Å². The fourth-order valence-corrected chi connectivity index (χ4v) is 1.28. The quantitative estimate of drug-likeness (QED) is 0.714. The lowest BCUT2D eigenvalue weighted by atomic mass is 10.2. The molecule has 54 valence electrons. The molecule has 0 atom stereocenters. The van der Waals surface area contributed by atoms with E-state index in [4.69, 9.17) is 16.7 Å². The van der Waals surface area contributed by atoms with Crippen LogP contribution in [0.3, 0.4) is 0 Å². The standard InChI is InChI=1S/C7H6BrClO/c1-4-2-7(10)6(9)3-5(4)8/h2-3,10H,1H3. The molecule has 10 heavy (non-hydrogen) atoms. The zero-order valence-electron chi connectivity index (χ0n) is 5.36. The maximum Gasteiger partial charge on any atom is 0.134 e. The molecule has 0 aliphatic carbocycles. The van der Waals surface area contributed by atoms with E-state index in [0.29, 0.717) is 5.02 Å². The molecule has 1 rings (SSSR count). The van der Waals surface area contributed by atoms with Crippen LogP contribution in [0.15, 0.2) is 16.6 Å². The van der Waals surface area contributed by atoms with Gasteiger partial charge < -0.3 is 5.11 Å². The molecule has 0 heterocycles. The van der Waals surface area contributed by atoms with E-state index in [1.165, 1.54) is 0 Å². The summed E-state index contributed by atoms with van der Waals surface area (Å²) in [6, 6.07) is 3.29. The summed E-state index contributed by atoms with van der Waals surface area (Å²) >= 11 is 8.89. The van der Waals surface area contributed by atoms with Crippen LogP contribution < -0.4 is 0 Å². The first kappa shape index (κ1) is 7.89. The number of aryl methyl sites for hydroxylation is 1. The number of benzene rings is 1. The minimum Gasteiger partial charge on any atom is -0.506 e. The number of rotatable bonds is 0. The first-order chi connectivity index (χ1) is 4.61. The molecule has 0 bridgehead atoms. The van der Waals surface area contributed by atoms with E-state index in [1.54, 1.807) is 12.1 Å². The molecule has 1 aromatic rings. The zero-order valence-corrected chi connectivity index (χ0v) is 7.70. The second-order valence-corrected chi connectivity index (χ2v) is 3.31. The zero-order chi connectivity index (χ0) is 7.72. The normalized spacial score (nSPS) is 9.90. The van der Waals surface area contributed by atoms with Crippen LogP contribution in [0.25, 0.3) is 0 Å². The molecular formula is C7H6BrClO. The third-order valence-corrected chi connectivity index (χ3v) is 2.39. The summed E-state index contributed by atoms with van der Waals surface area (Å²) in [6.45, 7) is 1.89. The number of halogens is 2. The first-order valence-corrected chi connectivity index (χ1v) is 3.93. The maximum atomic E-state index is 9.07. The maximum absolute atomic E-state index is 9.07. The highest BCUT2D eigenvalue weighted by molar-refractivity contribution is 9.10. The Morgan fingerprint density at radius 1 is 1.50 bits per heavy atom. The molecule has 1 nitrogen and oxygen atoms in total. The predicted octanol–water partition coefficient (Wildman–Crippen LogP) is 3.12. The van der Waals surface area contributed by atoms with Gasteiger partial charge in [0.2, 0.25) is 0 Å². The molecule has 1 N–H and O–H groups in total. The molecule has 0 spiro atoms. The lowest BCUT2D eigenvalue weighted by Gasteiger charge is -1.99. The summed E-state index contributed by atoms with van der Waals surface area (Å²) in [7, 11) is 0. The third-order valence-electron chi connectivity index (χ3n) is 1.23. The molecule has 0 fully saturated rings. The Hall–Kier alpha value is -0.210. The minimum absolute atomic E-state index is 0.127. The van der Waals surface area contributed by atoms with Gasteiger partial charge in [-0.15, -0.1) is 0 Å². The van der Waals surface area contributed by atoms with Crippen LogP contribution >= 0.6 is 27.5 Å². The lowest BCUT2D eigenvalue weighted by Crippen LogP contribution is -1.75. The predicted molar refractivity (Wildman–Crippen MR) is 45.6 cm³/mol. The van der Waals surface area contributed by atoms with Crippen molar-refractivity contribution in [1.29, 1.82) is 0 Å². The Morgan fingerprint density at radius 3 is 2.60 bits per heavy atom. The SMILES string of the molecule is Cc1cc(O)c(Cl)cc1Br. The van der Waals surface area contributed by atoms with E-state index >= 15 is 0 Å². The summed E-state index contributed by atoms with van der Waals surface area (Å²) in [5.41, 5.74) is 0.974. The van der Waals surface area contributed by atoms with Gasteiger partial charge >= 0.3 is 0 Å². The fourth-order valence-electron chi connectivity index (χ4n) is 0.642. The molecule has 0 aliphatic heterocycles. The number of phenolic OH excluding ortho intramolecular Hbond substituents is 1. The highest BCUT2D eigenvalue weighted by Crippen LogP contribution is 2.29. The van der Waals surface area contributed by atoms with Gasteiger partial charge in [0, 0.05) is 4.47 Å². The fraction of sp³-hybridized carbons (Fsp3) is 0.143. The lowest BCUT2D eigenvalue weighted by molar-refractivity contribution is 0.475. The summed E-state index contributed by atoms with van der Waals surface area (Å²) in [5, 5.41) is 9.44. The Balaban J connectivity index is 3.28. The number of hydrogen-bond donors (Lipinski definition) is 1. The van der Waals surface area contributed by atoms with Crippen molar-refractivity contribution in [3.05, 3.63) is 27.2 Å². The van der Waals surface area contributed by atoms with Gasteiger partial charge in [-0.25, -0.2) is 0 Å². The van der Waals surface area contributed by atoms with Crippen molar-refractivity contribution in [3.8, 4) is 5.75 Å².